The topological polar surface area (TPSA) is 37.8 Å². The molecular formula is C8H11FN2O. The Hall–Kier alpha value is -1.06. The molecule has 1 N–H and O–H groups in total. The molecule has 3 nitrogen and oxygen atoms in total. The van der Waals surface area contributed by atoms with Gasteiger partial charge in [-0.15, -0.1) is 0 Å². The molecule has 0 radical (unpaired) electrons. The van der Waals surface area contributed by atoms with Gasteiger partial charge in [0.2, 0.25) is 5.82 Å². The molecule has 1 fully saturated rings. The molecule has 0 unspecified atom stereocenters. The summed E-state index contributed by atoms with van der Waals surface area (Å²) in [4.78, 5) is 11.0. The minimum Gasteiger partial charge on any atom is -0.297 e. The van der Waals surface area contributed by atoms with Crippen LogP contribution in [0.2, 0.25) is 0 Å². The number of H-pyrrole nitrogens is 1. The second kappa shape index (κ2) is 2.47. The maximum atomic E-state index is 13.1. The lowest BCUT2D eigenvalue weighted by atomic mass is 9.83. The van der Waals surface area contributed by atoms with Crippen molar-refractivity contribution in [1.29, 1.82) is 0 Å². The van der Waals surface area contributed by atoms with Crippen LogP contribution in [-0.4, -0.2) is 9.78 Å². The maximum Gasteiger partial charge on any atom is 0.302 e. The van der Waals surface area contributed by atoms with Crippen molar-refractivity contribution in [3.63, 3.8) is 0 Å². The summed E-state index contributed by atoms with van der Waals surface area (Å²) < 4.78 is 14.3. The molecule has 66 valence electrons. The van der Waals surface area contributed by atoms with Crippen molar-refractivity contribution in [3.05, 3.63) is 21.9 Å². The summed E-state index contributed by atoms with van der Waals surface area (Å²) in [6.07, 6.45) is 3.13. The Labute approximate surface area is 69.2 Å². The summed E-state index contributed by atoms with van der Waals surface area (Å²) in [5, 5.41) is 2.74. The quantitative estimate of drug-likeness (QED) is 0.673. The highest BCUT2D eigenvalue weighted by molar-refractivity contribution is 5.12. The lowest BCUT2D eigenvalue weighted by molar-refractivity contribution is 0.394. The Morgan fingerprint density at radius 3 is 2.58 bits per heavy atom. The number of halogens is 1. The molecule has 0 aliphatic heterocycles. The average Bonchev–Trinajstić information content (AvgIpc) is 2.15. The Morgan fingerprint density at radius 2 is 2.25 bits per heavy atom. The molecule has 0 aromatic carbocycles. The number of nitrogens with one attached hydrogen (secondary N) is 1. The van der Waals surface area contributed by atoms with E-state index in [0.29, 0.717) is 5.69 Å². The van der Waals surface area contributed by atoms with Crippen LogP contribution < -0.4 is 5.56 Å². The van der Waals surface area contributed by atoms with Crippen LogP contribution >= 0.6 is 0 Å². The van der Waals surface area contributed by atoms with E-state index in [2.05, 4.69) is 5.10 Å². The van der Waals surface area contributed by atoms with Crippen LogP contribution in [0.5, 0.6) is 0 Å². The Bertz CT molecular complexity index is 348. The SMILES string of the molecule is Cn1[nH]c(C2CCC2)c(F)c1=O. The van der Waals surface area contributed by atoms with Crippen LogP contribution in [0, 0.1) is 5.82 Å². The predicted octanol–water partition coefficient (Wildman–Crippen LogP) is 1.12. The minimum absolute atomic E-state index is 0.249. The standard InChI is InChI=1S/C8H11FN2O/c1-11-8(12)6(9)7(10-11)5-3-2-4-5/h5,10H,2-4H2,1H3. The first-order valence-electron chi connectivity index (χ1n) is 4.14. The zero-order valence-corrected chi connectivity index (χ0v) is 6.93. The van der Waals surface area contributed by atoms with E-state index in [1.165, 1.54) is 11.7 Å². The van der Waals surface area contributed by atoms with Gasteiger partial charge in [0.25, 0.3) is 0 Å². The van der Waals surface area contributed by atoms with E-state index in [9.17, 15) is 9.18 Å². The van der Waals surface area contributed by atoms with Gasteiger partial charge in [0.1, 0.15) is 0 Å². The zero-order valence-electron chi connectivity index (χ0n) is 6.93. The summed E-state index contributed by atoms with van der Waals surface area (Å²) in [5.41, 5.74) is -0.0503. The lowest BCUT2D eigenvalue weighted by Gasteiger charge is -2.23. The third-order valence-electron chi connectivity index (χ3n) is 2.53. The van der Waals surface area contributed by atoms with Crippen molar-refractivity contribution in [1.82, 2.24) is 9.78 Å². The van der Waals surface area contributed by atoms with E-state index in [0.717, 1.165) is 19.3 Å². The lowest BCUT2D eigenvalue weighted by Crippen LogP contribution is -2.14. The molecule has 1 saturated carbocycles. The summed E-state index contributed by atoms with van der Waals surface area (Å²) in [6.45, 7) is 0. The summed E-state index contributed by atoms with van der Waals surface area (Å²) in [5.74, 6) is -0.346. The highest BCUT2D eigenvalue weighted by atomic mass is 19.1. The fourth-order valence-corrected chi connectivity index (χ4v) is 1.51. The van der Waals surface area contributed by atoms with E-state index in [-0.39, 0.29) is 5.92 Å². The first-order valence-corrected chi connectivity index (χ1v) is 4.14. The van der Waals surface area contributed by atoms with E-state index in [1.807, 2.05) is 0 Å². The summed E-state index contributed by atoms with van der Waals surface area (Å²) >= 11 is 0. The van der Waals surface area contributed by atoms with Crippen molar-refractivity contribution in [3.8, 4) is 0 Å². The van der Waals surface area contributed by atoms with E-state index >= 15 is 0 Å². The number of aryl methyl sites for hydroxylation is 1. The molecule has 4 heteroatoms. The van der Waals surface area contributed by atoms with Crippen LogP contribution in [0.15, 0.2) is 4.79 Å². The van der Waals surface area contributed by atoms with Gasteiger partial charge in [-0.25, -0.2) is 0 Å². The number of rotatable bonds is 1. The van der Waals surface area contributed by atoms with Crippen molar-refractivity contribution in [2.75, 3.05) is 0 Å². The molecule has 1 aromatic rings. The van der Waals surface area contributed by atoms with Crippen molar-refractivity contribution < 1.29 is 4.39 Å². The fraction of sp³-hybridized carbons (Fsp3) is 0.625. The third kappa shape index (κ3) is 0.906. The maximum absolute atomic E-state index is 13.1. The first kappa shape index (κ1) is 7.58. The minimum atomic E-state index is -0.595. The van der Waals surface area contributed by atoms with E-state index in [1.54, 1.807) is 0 Å². The van der Waals surface area contributed by atoms with Crippen LogP contribution in [0.25, 0.3) is 0 Å². The van der Waals surface area contributed by atoms with Gasteiger partial charge in [0.05, 0.1) is 5.69 Å². The van der Waals surface area contributed by atoms with Crippen LogP contribution in [0.1, 0.15) is 30.9 Å². The highest BCUT2D eigenvalue weighted by Gasteiger charge is 2.26. The Balaban J connectivity index is 2.43. The highest BCUT2D eigenvalue weighted by Crippen LogP contribution is 2.35. The molecular weight excluding hydrogens is 159 g/mol. The van der Waals surface area contributed by atoms with Gasteiger partial charge in [-0.2, -0.15) is 4.39 Å². The van der Waals surface area contributed by atoms with Crippen LogP contribution in [0.4, 0.5) is 4.39 Å². The van der Waals surface area contributed by atoms with Crippen molar-refractivity contribution >= 4 is 0 Å². The molecule has 1 aromatic heterocycles. The largest absolute Gasteiger partial charge is 0.302 e. The van der Waals surface area contributed by atoms with Crippen molar-refractivity contribution in [2.24, 2.45) is 7.05 Å². The molecule has 1 aliphatic rings. The molecule has 2 rings (SSSR count). The molecule has 0 bridgehead atoms. The Kier molecular flexibility index (Phi) is 1.56. The van der Waals surface area contributed by atoms with Gasteiger partial charge in [-0.05, 0) is 12.8 Å². The molecule has 0 amide bonds. The molecule has 0 saturated heterocycles. The summed E-state index contributed by atoms with van der Waals surface area (Å²) in [7, 11) is 1.54. The Morgan fingerprint density at radius 1 is 1.58 bits per heavy atom. The second-order valence-corrected chi connectivity index (χ2v) is 3.33. The first-order chi connectivity index (χ1) is 5.70. The summed E-state index contributed by atoms with van der Waals surface area (Å²) in [6, 6.07) is 0. The molecule has 0 spiro atoms. The van der Waals surface area contributed by atoms with E-state index < -0.39 is 11.4 Å². The number of hydrogen-bond donors (Lipinski definition) is 1. The number of aromatic amines is 1. The van der Waals surface area contributed by atoms with Gasteiger partial charge in [0.15, 0.2) is 0 Å². The van der Waals surface area contributed by atoms with Gasteiger partial charge >= 0.3 is 5.56 Å². The molecule has 12 heavy (non-hydrogen) atoms. The van der Waals surface area contributed by atoms with Gasteiger partial charge < -0.3 is 0 Å². The smallest absolute Gasteiger partial charge is 0.297 e. The van der Waals surface area contributed by atoms with Crippen molar-refractivity contribution in [2.45, 2.75) is 25.2 Å². The van der Waals surface area contributed by atoms with E-state index in [4.69, 9.17) is 0 Å². The van der Waals surface area contributed by atoms with Gasteiger partial charge in [-0.1, -0.05) is 6.42 Å². The molecule has 1 aliphatic carbocycles. The third-order valence-corrected chi connectivity index (χ3v) is 2.53. The van der Waals surface area contributed by atoms with Crippen LogP contribution in [0.3, 0.4) is 0 Å². The molecule has 1 heterocycles. The number of nitrogens with zero attached hydrogens (tertiary/aromatic N) is 1. The molecule has 0 atom stereocenters. The van der Waals surface area contributed by atoms with Gasteiger partial charge in [-0.3, -0.25) is 14.6 Å². The average molecular weight is 170 g/mol. The van der Waals surface area contributed by atoms with Crippen LogP contribution in [-0.2, 0) is 7.05 Å². The monoisotopic (exact) mass is 170 g/mol. The van der Waals surface area contributed by atoms with Gasteiger partial charge in [0, 0.05) is 13.0 Å². The second-order valence-electron chi connectivity index (χ2n) is 3.33. The predicted molar refractivity (Wildman–Crippen MR) is 42.6 cm³/mol. The zero-order chi connectivity index (χ0) is 8.72. The normalized spacial score (nSPS) is 17.8. The fourth-order valence-electron chi connectivity index (χ4n) is 1.51. The number of hydrogen-bond acceptors (Lipinski definition) is 1. The number of aromatic nitrogens is 2.